The minimum atomic E-state index is -0.650. The Bertz CT molecular complexity index is 1040. The van der Waals surface area contributed by atoms with E-state index >= 15 is 0 Å². The first kappa shape index (κ1) is 26.8. The Balaban J connectivity index is 1.89. The van der Waals surface area contributed by atoms with Gasteiger partial charge in [0.25, 0.3) is 0 Å². The van der Waals surface area contributed by atoms with E-state index in [4.69, 9.17) is 19.3 Å². The number of para-hydroxylation sites is 1. The number of rotatable bonds is 14. The lowest BCUT2D eigenvalue weighted by Crippen LogP contribution is -2.37. The molecule has 3 aromatic rings. The summed E-state index contributed by atoms with van der Waals surface area (Å²) in [5, 5.41) is 15.3. The van der Waals surface area contributed by atoms with E-state index in [9.17, 15) is 9.50 Å². The first-order valence-electron chi connectivity index (χ1n) is 11.9. The average molecular weight is 486 g/mol. The highest BCUT2D eigenvalue weighted by Gasteiger charge is 2.23. The zero-order valence-corrected chi connectivity index (χ0v) is 21.0. The molecule has 1 aromatic heterocycles. The van der Waals surface area contributed by atoms with E-state index in [0.717, 1.165) is 16.9 Å². The van der Waals surface area contributed by atoms with Gasteiger partial charge in [0.05, 0.1) is 36.3 Å². The Morgan fingerprint density at radius 1 is 1.09 bits per heavy atom. The number of hydrogen-bond donors (Lipinski definition) is 1. The van der Waals surface area contributed by atoms with Crippen LogP contribution in [-0.2, 0) is 16.0 Å². The van der Waals surface area contributed by atoms with Crippen molar-refractivity contribution < 1.29 is 23.7 Å². The summed E-state index contributed by atoms with van der Waals surface area (Å²) < 4.78 is 32.7. The van der Waals surface area contributed by atoms with Crippen molar-refractivity contribution in [2.75, 3.05) is 40.0 Å². The summed E-state index contributed by atoms with van der Waals surface area (Å²) in [5.74, 6) is 0.916. The van der Waals surface area contributed by atoms with Crippen LogP contribution >= 0.6 is 0 Å². The van der Waals surface area contributed by atoms with Gasteiger partial charge >= 0.3 is 0 Å². The summed E-state index contributed by atoms with van der Waals surface area (Å²) >= 11 is 0. The van der Waals surface area contributed by atoms with Crippen molar-refractivity contribution in [3.05, 3.63) is 71.7 Å². The van der Waals surface area contributed by atoms with Gasteiger partial charge in [-0.1, -0.05) is 38.1 Å². The van der Waals surface area contributed by atoms with E-state index in [1.54, 1.807) is 23.9 Å². The van der Waals surface area contributed by atoms with E-state index in [-0.39, 0.29) is 12.4 Å². The van der Waals surface area contributed by atoms with Gasteiger partial charge in [0.2, 0.25) is 5.88 Å². The highest BCUT2D eigenvalue weighted by molar-refractivity contribution is 5.43. The number of aliphatic hydroxyl groups is 1. The molecule has 2 aromatic carbocycles. The van der Waals surface area contributed by atoms with Gasteiger partial charge in [0.15, 0.2) is 0 Å². The summed E-state index contributed by atoms with van der Waals surface area (Å²) in [6.07, 6.45) is -0.650. The number of methoxy groups -OCH3 is 1. The number of aliphatic hydroxyl groups excluding tert-OH is 1. The van der Waals surface area contributed by atoms with Crippen LogP contribution in [0.15, 0.2) is 54.6 Å². The molecule has 35 heavy (non-hydrogen) atoms. The summed E-state index contributed by atoms with van der Waals surface area (Å²) in [6, 6.07) is 15.7. The van der Waals surface area contributed by atoms with Gasteiger partial charge in [-0.2, -0.15) is 5.10 Å². The Kier molecular flexibility index (Phi) is 10.2. The standard InChI is InChI=1S/C27H36FN3O4/c1-20(2)18-34-19-24(32)16-30(13-14-33-4)17-26-21(3)29-31(23-10-6-5-7-11-23)27(26)35-25-12-8-9-22(28)15-25/h5-12,15,20,24,32H,13-14,16-19H2,1-4H3/t24-/m1/s1. The molecule has 0 unspecified atom stereocenters. The predicted octanol–water partition coefficient (Wildman–Crippen LogP) is 4.59. The molecule has 1 atom stereocenters. The van der Waals surface area contributed by atoms with Crippen molar-refractivity contribution in [1.29, 1.82) is 0 Å². The Labute approximate surface area is 207 Å². The lowest BCUT2D eigenvalue weighted by Gasteiger charge is -2.25. The number of hydrogen-bond acceptors (Lipinski definition) is 6. The molecular weight excluding hydrogens is 449 g/mol. The van der Waals surface area contributed by atoms with Gasteiger partial charge in [-0.25, -0.2) is 9.07 Å². The fraction of sp³-hybridized carbons (Fsp3) is 0.444. The molecule has 0 saturated carbocycles. The fourth-order valence-corrected chi connectivity index (χ4v) is 3.68. The summed E-state index contributed by atoms with van der Waals surface area (Å²) in [5.41, 5.74) is 2.47. The van der Waals surface area contributed by atoms with Gasteiger partial charge in [-0.05, 0) is 37.1 Å². The van der Waals surface area contributed by atoms with Gasteiger partial charge in [-0.3, -0.25) is 4.90 Å². The predicted molar refractivity (Wildman–Crippen MR) is 134 cm³/mol. The maximum absolute atomic E-state index is 13.9. The van der Waals surface area contributed by atoms with Gasteiger partial charge in [-0.15, -0.1) is 0 Å². The van der Waals surface area contributed by atoms with Crippen molar-refractivity contribution in [3.8, 4) is 17.3 Å². The molecule has 1 N–H and O–H groups in total. The zero-order valence-electron chi connectivity index (χ0n) is 21.0. The highest BCUT2D eigenvalue weighted by Crippen LogP contribution is 2.32. The molecule has 0 radical (unpaired) electrons. The van der Waals surface area contributed by atoms with Gasteiger partial charge in [0, 0.05) is 39.4 Å². The first-order valence-corrected chi connectivity index (χ1v) is 11.9. The molecule has 0 aliphatic carbocycles. The normalized spacial score (nSPS) is 12.5. The van der Waals surface area contributed by atoms with Crippen LogP contribution in [0.3, 0.4) is 0 Å². The quantitative estimate of drug-likeness (QED) is 0.360. The Morgan fingerprint density at radius 2 is 1.86 bits per heavy atom. The molecule has 0 saturated heterocycles. The summed E-state index contributed by atoms with van der Waals surface area (Å²) in [6.45, 7) is 8.91. The van der Waals surface area contributed by atoms with Crippen molar-refractivity contribution in [2.24, 2.45) is 5.92 Å². The SMILES string of the molecule is COCCN(Cc1c(C)nn(-c2ccccc2)c1Oc1cccc(F)c1)C[C@@H](O)COCC(C)C. The highest BCUT2D eigenvalue weighted by atomic mass is 19.1. The van der Waals surface area contributed by atoms with Crippen LogP contribution in [0.25, 0.3) is 5.69 Å². The van der Waals surface area contributed by atoms with E-state index in [2.05, 4.69) is 18.7 Å². The van der Waals surface area contributed by atoms with Crippen LogP contribution in [0.1, 0.15) is 25.1 Å². The second-order valence-corrected chi connectivity index (χ2v) is 8.99. The van der Waals surface area contributed by atoms with Crippen LogP contribution in [0.5, 0.6) is 11.6 Å². The lowest BCUT2D eigenvalue weighted by atomic mass is 10.2. The third-order valence-corrected chi connectivity index (χ3v) is 5.37. The third kappa shape index (κ3) is 8.14. The number of halogens is 1. The van der Waals surface area contributed by atoms with E-state index in [1.165, 1.54) is 12.1 Å². The topological polar surface area (TPSA) is 69.0 Å². The van der Waals surface area contributed by atoms with Gasteiger partial charge in [0.1, 0.15) is 11.6 Å². The summed E-state index contributed by atoms with van der Waals surface area (Å²) in [4.78, 5) is 2.09. The second-order valence-electron chi connectivity index (χ2n) is 8.99. The molecule has 7 nitrogen and oxygen atoms in total. The van der Waals surface area contributed by atoms with Crippen LogP contribution in [0.4, 0.5) is 4.39 Å². The molecule has 0 spiro atoms. The molecule has 0 bridgehead atoms. The van der Waals surface area contributed by atoms with Crippen molar-refractivity contribution in [2.45, 2.75) is 33.4 Å². The smallest absolute Gasteiger partial charge is 0.227 e. The van der Waals surface area contributed by atoms with E-state index in [1.807, 2.05) is 37.3 Å². The summed E-state index contributed by atoms with van der Waals surface area (Å²) in [7, 11) is 1.65. The number of aryl methyl sites for hydroxylation is 1. The number of aromatic nitrogens is 2. The molecule has 0 fully saturated rings. The van der Waals surface area contributed by atoms with Crippen LogP contribution < -0.4 is 4.74 Å². The monoisotopic (exact) mass is 485 g/mol. The van der Waals surface area contributed by atoms with Crippen molar-refractivity contribution in [1.82, 2.24) is 14.7 Å². The Morgan fingerprint density at radius 3 is 2.54 bits per heavy atom. The maximum Gasteiger partial charge on any atom is 0.227 e. The third-order valence-electron chi connectivity index (χ3n) is 5.37. The van der Waals surface area contributed by atoms with E-state index < -0.39 is 6.10 Å². The van der Waals surface area contributed by atoms with Crippen molar-refractivity contribution >= 4 is 0 Å². The minimum Gasteiger partial charge on any atom is -0.438 e. The number of ether oxygens (including phenoxy) is 3. The largest absolute Gasteiger partial charge is 0.438 e. The van der Waals surface area contributed by atoms with Crippen LogP contribution in [0.2, 0.25) is 0 Å². The Hall–Kier alpha value is -2.78. The molecular formula is C27H36FN3O4. The van der Waals surface area contributed by atoms with Crippen LogP contribution in [0, 0.1) is 18.7 Å². The van der Waals surface area contributed by atoms with Gasteiger partial charge < -0.3 is 19.3 Å². The first-order chi connectivity index (χ1) is 16.9. The zero-order chi connectivity index (χ0) is 25.2. The van der Waals surface area contributed by atoms with Crippen LogP contribution in [-0.4, -0.2) is 65.9 Å². The fourth-order valence-electron chi connectivity index (χ4n) is 3.68. The molecule has 1 heterocycles. The minimum absolute atomic E-state index is 0.260. The maximum atomic E-state index is 13.9. The average Bonchev–Trinajstić information content (AvgIpc) is 3.12. The number of nitrogens with zero attached hydrogens (tertiary/aromatic N) is 3. The van der Waals surface area contributed by atoms with Crippen molar-refractivity contribution in [3.63, 3.8) is 0 Å². The molecule has 0 aliphatic heterocycles. The molecule has 0 aliphatic rings. The molecule has 190 valence electrons. The second kappa shape index (κ2) is 13.3. The van der Waals surface area contributed by atoms with E-state index in [0.29, 0.717) is 50.4 Å². The molecule has 3 rings (SSSR count). The molecule has 0 amide bonds. The molecule has 8 heteroatoms. The number of benzene rings is 2. The lowest BCUT2D eigenvalue weighted by molar-refractivity contribution is 0.00323.